The highest BCUT2D eigenvalue weighted by Gasteiger charge is 2.48. The van der Waals surface area contributed by atoms with Crippen molar-refractivity contribution in [1.82, 2.24) is 4.90 Å². The highest BCUT2D eigenvalue weighted by Crippen LogP contribution is 2.43. The Morgan fingerprint density at radius 1 is 1.50 bits per heavy atom. The summed E-state index contributed by atoms with van der Waals surface area (Å²) in [5.74, 6) is 0.629. The molecule has 108 valence electrons. The number of rotatable bonds is 2. The SMILES string of the molecule is Cc1ccc2c(c1)N1C(CO2)CN(CC(N)=O)C1(C)C. The molecule has 1 aromatic rings. The van der Waals surface area contributed by atoms with Crippen molar-refractivity contribution in [3.63, 3.8) is 0 Å². The summed E-state index contributed by atoms with van der Waals surface area (Å²) in [5, 5.41) is 0. The molecule has 0 radical (unpaired) electrons. The van der Waals surface area contributed by atoms with Crippen LogP contribution in [0.15, 0.2) is 18.2 Å². The number of aryl methyl sites for hydroxylation is 1. The van der Waals surface area contributed by atoms with Crippen LogP contribution in [0.5, 0.6) is 5.75 Å². The summed E-state index contributed by atoms with van der Waals surface area (Å²) in [6.07, 6.45) is 0. The maximum absolute atomic E-state index is 11.3. The number of nitrogens with two attached hydrogens (primary N) is 1. The minimum absolute atomic E-state index is 0.244. The summed E-state index contributed by atoms with van der Waals surface area (Å²) in [4.78, 5) is 15.8. The van der Waals surface area contributed by atoms with Crippen LogP contribution in [0.25, 0.3) is 0 Å². The Kier molecular flexibility index (Phi) is 2.90. The number of ether oxygens (including phenoxy) is 1. The first-order valence-electron chi connectivity index (χ1n) is 6.96. The van der Waals surface area contributed by atoms with Gasteiger partial charge in [-0.15, -0.1) is 0 Å². The maximum atomic E-state index is 11.3. The molecule has 1 unspecified atom stereocenters. The zero-order valence-electron chi connectivity index (χ0n) is 12.2. The van der Waals surface area contributed by atoms with Crippen molar-refractivity contribution in [2.75, 3.05) is 24.6 Å². The topological polar surface area (TPSA) is 58.8 Å². The van der Waals surface area contributed by atoms with Gasteiger partial charge in [-0.25, -0.2) is 0 Å². The Hall–Kier alpha value is -1.75. The number of fused-ring (bicyclic) bond motifs is 3. The summed E-state index contributed by atoms with van der Waals surface area (Å²) >= 11 is 0. The van der Waals surface area contributed by atoms with Crippen LogP contribution in [0.4, 0.5) is 5.69 Å². The van der Waals surface area contributed by atoms with Gasteiger partial charge in [0.05, 0.1) is 23.9 Å². The molecule has 20 heavy (non-hydrogen) atoms. The van der Waals surface area contributed by atoms with Crippen LogP contribution in [0.1, 0.15) is 19.4 Å². The molecule has 1 atom stereocenters. The van der Waals surface area contributed by atoms with Crippen LogP contribution >= 0.6 is 0 Å². The highest BCUT2D eigenvalue weighted by atomic mass is 16.5. The van der Waals surface area contributed by atoms with Gasteiger partial charge in [0, 0.05) is 6.54 Å². The normalized spacial score (nSPS) is 23.9. The van der Waals surface area contributed by atoms with E-state index in [4.69, 9.17) is 10.5 Å². The van der Waals surface area contributed by atoms with Crippen LogP contribution in [0.3, 0.4) is 0 Å². The second-order valence-electron chi connectivity index (χ2n) is 6.15. The van der Waals surface area contributed by atoms with Crippen LogP contribution in [0.2, 0.25) is 0 Å². The Morgan fingerprint density at radius 2 is 2.25 bits per heavy atom. The molecule has 0 saturated carbocycles. The number of hydrogen-bond acceptors (Lipinski definition) is 4. The number of carbonyl (C=O) groups is 1. The predicted molar refractivity (Wildman–Crippen MR) is 77.8 cm³/mol. The fourth-order valence-electron chi connectivity index (χ4n) is 3.35. The number of carbonyl (C=O) groups excluding carboxylic acids is 1. The molecule has 2 aliphatic rings. The number of primary amides is 1. The Bertz CT molecular complexity index is 556. The Balaban J connectivity index is 2.01. The third-order valence-electron chi connectivity index (χ3n) is 4.31. The molecular weight excluding hydrogens is 254 g/mol. The van der Waals surface area contributed by atoms with Crippen LogP contribution in [-0.4, -0.2) is 42.2 Å². The molecule has 1 amide bonds. The van der Waals surface area contributed by atoms with Crippen molar-refractivity contribution in [1.29, 1.82) is 0 Å². The van der Waals surface area contributed by atoms with Gasteiger partial charge < -0.3 is 15.4 Å². The molecule has 2 N–H and O–H groups in total. The second kappa shape index (κ2) is 4.38. The standard InChI is InChI=1S/C15H21N3O2/c1-10-4-5-13-12(6-10)18-11(9-20-13)7-17(8-14(16)19)15(18,2)3/h4-6,11H,7-9H2,1-3H3,(H2,16,19). The van der Waals surface area contributed by atoms with Gasteiger partial charge in [-0.2, -0.15) is 0 Å². The van der Waals surface area contributed by atoms with Gasteiger partial charge in [-0.05, 0) is 38.5 Å². The first-order valence-corrected chi connectivity index (χ1v) is 6.96. The largest absolute Gasteiger partial charge is 0.489 e. The molecule has 2 heterocycles. The average molecular weight is 275 g/mol. The molecule has 1 aromatic carbocycles. The third kappa shape index (κ3) is 1.93. The summed E-state index contributed by atoms with van der Waals surface area (Å²) in [7, 11) is 0. The first kappa shape index (κ1) is 13.2. The molecule has 5 nitrogen and oxygen atoms in total. The average Bonchev–Trinajstić information content (AvgIpc) is 2.60. The highest BCUT2D eigenvalue weighted by molar-refractivity contribution is 5.76. The number of amides is 1. The fourth-order valence-corrected chi connectivity index (χ4v) is 3.35. The lowest BCUT2D eigenvalue weighted by molar-refractivity contribution is -0.119. The van der Waals surface area contributed by atoms with Gasteiger partial charge in [0.25, 0.3) is 0 Å². The molecule has 1 saturated heterocycles. The van der Waals surface area contributed by atoms with Crippen molar-refractivity contribution in [3.8, 4) is 5.75 Å². The quantitative estimate of drug-likeness (QED) is 0.878. The monoisotopic (exact) mass is 275 g/mol. The fraction of sp³-hybridized carbons (Fsp3) is 0.533. The van der Waals surface area contributed by atoms with Crippen molar-refractivity contribution >= 4 is 11.6 Å². The van der Waals surface area contributed by atoms with Crippen LogP contribution in [0, 0.1) is 6.92 Å². The Morgan fingerprint density at radius 3 is 2.95 bits per heavy atom. The second-order valence-corrected chi connectivity index (χ2v) is 6.15. The van der Waals surface area contributed by atoms with E-state index in [1.54, 1.807) is 0 Å². The molecule has 5 heteroatoms. The van der Waals surface area contributed by atoms with Gasteiger partial charge >= 0.3 is 0 Å². The minimum Gasteiger partial charge on any atom is -0.489 e. The van der Waals surface area contributed by atoms with Crippen LogP contribution in [-0.2, 0) is 4.79 Å². The number of anilines is 1. The van der Waals surface area contributed by atoms with E-state index in [1.807, 2.05) is 6.07 Å². The van der Waals surface area contributed by atoms with Gasteiger partial charge in [0.15, 0.2) is 0 Å². The summed E-state index contributed by atoms with van der Waals surface area (Å²) in [6.45, 7) is 8.06. The van der Waals surface area contributed by atoms with E-state index < -0.39 is 0 Å². The van der Waals surface area contributed by atoms with E-state index in [1.165, 1.54) is 5.56 Å². The lowest BCUT2D eigenvalue weighted by atomic mass is 10.1. The van der Waals surface area contributed by atoms with Gasteiger partial charge in [0.1, 0.15) is 12.4 Å². The lowest BCUT2D eigenvalue weighted by Gasteiger charge is -2.43. The number of nitrogens with zero attached hydrogens (tertiary/aromatic N) is 2. The van der Waals surface area contributed by atoms with Gasteiger partial charge in [0.2, 0.25) is 5.91 Å². The van der Waals surface area contributed by atoms with Crippen molar-refractivity contribution < 1.29 is 9.53 Å². The van der Waals surface area contributed by atoms with E-state index in [0.717, 1.165) is 18.0 Å². The molecule has 1 fully saturated rings. The van der Waals surface area contributed by atoms with E-state index in [-0.39, 0.29) is 24.2 Å². The maximum Gasteiger partial charge on any atom is 0.231 e. The van der Waals surface area contributed by atoms with E-state index in [2.05, 4.69) is 42.7 Å². The molecule has 0 bridgehead atoms. The molecule has 0 aliphatic carbocycles. The molecule has 0 aromatic heterocycles. The summed E-state index contributed by atoms with van der Waals surface area (Å²) in [6, 6.07) is 6.49. The van der Waals surface area contributed by atoms with Crippen LogP contribution < -0.4 is 15.4 Å². The van der Waals surface area contributed by atoms with E-state index in [9.17, 15) is 4.79 Å². The van der Waals surface area contributed by atoms with E-state index >= 15 is 0 Å². The Labute approximate surface area is 119 Å². The summed E-state index contributed by atoms with van der Waals surface area (Å²) in [5.41, 5.74) is 7.44. The zero-order chi connectivity index (χ0) is 14.5. The number of benzene rings is 1. The van der Waals surface area contributed by atoms with Crippen molar-refractivity contribution in [2.24, 2.45) is 5.73 Å². The predicted octanol–water partition coefficient (Wildman–Crippen LogP) is 1.10. The van der Waals surface area contributed by atoms with Gasteiger partial charge in [-0.1, -0.05) is 6.07 Å². The molecular formula is C15H21N3O2. The number of hydrogen-bond donors (Lipinski definition) is 1. The molecule has 2 aliphatic heterocycles. The van der Waals surface area contributed by atoms with Gasteiger partial charge in [-0.3, -0.25) is 9.69 Å². The van der Waals surface area contributed by atoms with Crippen molar-refractivity contribution in [3.05, 3.63) is 23.8 Å². The summed E-state index contributed by atoms with van der Waals surface area (Å²) < 4.78 is 5.85. The first-order chi connectivity index (χ1) is 9.39. The zero-order valence-corrected chi connectivity index (χ0v) is 12.2. The minimum atomic E-state index is -0.289. The smallest absolute Gasteiger partial charge is 0.231 e. The lowest BCUT2D eigenvalue weighted by Crippen LogP contribution is -2.53. The van der Waals surface area contributed by atoms with Crippen molar-refractivity contribution in [2.45, 2.75) is 32.5 Å². The molecule has 0 spiro atoms. The molecule has 3 rings (SSSR count). The third-order valence-corrected chi connectivity index (χ3v) is 4.31. The van der Waals surface area contributed by atoms with E-state index in [0.29, 0.717) is 6.61 Å².